The third-order valence-electron chi connectivity index (χ3n) is 3.16. The van der Waals surface area contributed by atoms with Crippen molar-refractivity contribution in [3.8, 4) is 0 Å². The van der Waals surface area contributed by atoms with Gasteiger partial charge in [0.1, 0.15) is 5.54 Å². The Bertz CT molecular complexity index is 372. The van der Waals surface area contributed by atoms with Crippen molar-refractivity contribution in [1.29, 1.82) is 0 Å². The Kier molecular flexibility index (Phi) is 4.97. The molecular formula is C13H18ClNO2. The molecule has 3 nitrogen and oxygen atoms in total. The van der Waals surface area contributed by atoms with E-state index in [1.807, 2.05) is 26.0 Å². The van der Waals surface area contributed by atoms with Gasteiger partial charge >= 0.3 is 5.97 Å². The average Bonchev–Trinajstić information content (AvgIpc) is 2.33. The fourth-order valence-corrected chi connectivity index (χ4v) is 1.88. The molecule has 0 radical (unpaired) electrons. The SMILES string of the molecule is CCC(CC)(NCc1ccc(Cl)cc1)C(=O)O. The highest BCUT2D eigenvalue weighted by Gasteiger charge is 2.33. The van der Waals surface area contributed by atoms with Crippen LogP contribution in [0, 0.1) is 0 Å². The normalized spacial score (nSPS) is 11.5. The highest BCUT2D eigenvalue weighted by atomic mass is 35.5. The number of carbonyl (C=O) groups is 1. The number of hydrogen-bond acceptors (Lipinski definition) is 2. The zero-order chi connectivity index (χ0) is 12.9. The van der Waals surface area contributed by atoms with E-state index in [0.29, 0.717) is 24.4 Å². The Labute approximate surface area is 107 Å². The second kappa shape index (κ2) is 6.03. The summed E-state index contributed by atoms with van der Waals surface area (Å²) in [6, 6.07) is 7.40. The van der Waals surface area contributed by atoms with Gasteiger partial charge in [-0.05, 0) is 30.5 Å². The van der Waals surface area contributed by atoms with Crippen LogP contribution in [0.25, 0.3) is 0 Å². The van der Waals surface area contributed by atoms with Gasteiger partial charge in [-0.1, -0.05) is 37.6 Å². The molecule has 0 saturated carbocycles. The first kappa shape index (κ1) is 14.0. The van der Waals surface area contributed by atoms with Crippen LogP contribution in [0.4, 0.5) is 0 Å². The molecule has 0 atom stereocenters. The van der Waals surface area contributed by atoms with E-state index in [4.69, 9.17) is 11.6 Å². The maximum atomic E-state index is 11.3. The van der Waals surface area contributed by atoms with Crippen molar-refractivity contribution in [2.75, 3.05) is 0 Å². The highest BCUT2D eigenvalue weighted by Crippen LogP contribution is 2.17. The Morgan fingerprint density at radius 1 is 1.29 bits per heavy atom. The van der Waals surface area contributed by atoms with Gasteiger partial charge in [0, 0.05) is 11.6 Å². The van der Waals surface area contributed by atoms with Crippen LogP contribution >= 0.6 is 11.6 Å². The van der Waals surface area contributed by atoms with Crippen LogP contribution in [-0.4, -0.2) is 16.6 Å². The summed E-state index contributed by atoms with van der Waals surface area (Å²) in [5.41, 5.74) is 0.196. The zero-order valence-corrected chi connectivity index (χ0v) is 10.9. The standard InChI is InChI=1S/C13H18ClNO2/c1-3-13(4-2,12(16)17)15-9-10-5-7-11(14)8-6-10/h5-8,15H,3-4,9H2,1-2H3,(H,16,17). The van der Waals surface area contributed by atoms with Gasteiger partial charge in [-0.25, -0.2) is 0 Å². The molecule has 17 heavy (non-hydrogen) atoms. The van der Waals surface area contributed by atoms with Crippen LogP contribution in [0.1, 0.15) is 32.3 Å². The van der Waals surface area contributed by atoms with Crippen LogP contribution < -0.4 is 5.32 Å². The van der Waals surface area contributed by atoms with E-state index in [9.17, 15) is 9.90 Å². The number of hydrogen-bond donors (Lipinski definition) is 2. The van der Waals surface area contributed by atoms with Crippen LogP contribution in [0.15, 0.2) is 24.3 Å². The number of halogens is 1. The fourth-order valence-electron chi connectivity index (χ4n) is 1.75. The summed E-state index contributed by atoms with van der Waals surface area (Å²) in [6.45, 7) is 4.30. The largest absolute Gasteiger partial charge is 0.480 e. The smallest absolute Gasteiger partial charge is 0.323 e. The molecule has 1 rings (SSSR count). The van der Waals surface area contributed by atoms with Crippen molar-refractivity contribution in [3.05, 3.63) is 34.9 Å². The maximum absolute atomic E-state index is 11.3. The summed E-state index contributed by atoms with van der Waals surface area (Å²) in [4.78, 5) is 11.3. The highest BCUT2D eigenvalue weighted by molar-refractivity contribution is 6.30. The van der Waals surface area contributed by atoms with E-state index in [-0.39, 0.29) is 0 Å². The number of benzene rings is 1. The first-order chi connectivity index (χ1) is 8.04. The van der Waals surface area contributed by atoms with Crippen molar-refractivity contribution in [2.24, 2.45) is 0 Å². The molecule has 2 N–H and O–H groups in total. The number of carboxylic acids is 1. The first-order valence-corrected chi connectivity index (χ1v) is 6.14. The quantitative estimate of drug-likeness (QED) is 0.821. The van der Waals surface area contributed by atoms with Gasteiger partial charge in [0.15, 0.2) is 0 Å². The lowest BCUT2D eigenvalue weighted by atomic mass is 9.92. The third-order valence-corrected chi connectivity index (χ3v) is 3.41. The molecule has 0 aromatic heterocycles. The molecule has 1 aromatic carbocycles. The van der Waals surface area contributed by atoms with E-state index in [0.717, 1.165) is 5.56 Å². The summed E-state index contributed by atoms with van der Waals surface area (Å²) in [6.07, 6.45) is 1.12. The van der Waals surface area contributed by atoms with Gasteiger partial charge < -0.3 is 5.11 Å². The zero-order valence-electron chi connectivity index (χ0n) is 10.2. The molecule has 0 fully saturated rings. The van der Waals surface area contributed by atoms with Crippen molar-refractivity contribution in [3.63, 3.8) is 0 Å². The van der Waals surface area contributed by atoms with Crippen LogP contribution in [0.2, 0.25) is 5.02 Å². The average molecular weight is 256 g/mol. The lowest BCUT2D eigenvalue weighted by molar-refractivity contribution is -0.145. The van der Waals surface area contributed by atoms with Crippen molar-refractivity contribution in [1.82, 2.24) is 5.32 Å². The van der Waals surface area contributed by atoms with E-state index in [1.165, 1.54) is 0 Å². The monoisotopic (exact) mass is 255 g/mol. The van der Waals surface area contributed by atoms with Crippen molar-refractivity contribution in [2.45, 2.75) is 38.8 Å². The number of nitrogens with one attached hydrogen (secondary N) is 1. The first-order valence-electron chi connectivity index (χ1n) is 5.77. The van der Waals surface area contributed by atoms with Gasteiger partial charge in [0.25, 0.3) is 0 Å². The van der Waals surface area contributed by atoms with Crippen LogP contribution in [0.5, 0.6) is 0 Å². The molecule has 0 bridgehead atoms. The third kappa shape index (κ3) is 3.45. The van der Waals surface area contributed by atoms with Crippen LogP contribution in [0.3, 0.4) is 0 Å². The lowest BCUT2D eigenvalue weighted by Crippen LogP contribution is -2.50. The minimum absolute atomic E-state index is 0.533. The van der Waals surface area contributed by atoms with Crippen molar-refractivity contribution < 1.29 is 9.90 Å². The lowest BCUT2D eigenvalue weighted by Gasteiger charge is -2.28. The molecule has 0 amide bonds. The molecule has 4 heteroatoms. The summed E-state index contributed by atoms with van der Waals surface area (Å²) < 4.78 is 0. The number of aliphatic carboxylic acids is 1. The second-order valence-electron chi connectivity index (χ2n) is 4.07. The molecule has 0 unspecified atom stereocenters. The molecule has 0 heterocycles. The minimum Gasteiger partial charge on any atom is -0.480 e. The Hall–Kier alpha value is -1.06. The van der Waals surface area contributed by atoms with Gasteiger partial charge in [0.2, 0.25) is 0 Å². The molecule has 0 aliphatic rings. The Balaban J connectivity index is 2.70. The predicted octanol–water partition coefficient (Wildman–Crippen LogP) is 3.07. The number of carboxylic acid groups (broad SMARTS) is 1. The predicted molar refractivity (Wildman–Crippen MR) is 69.2 cm³/mol. The van der Waals surface area contributed by atoms with E-state index < -0.39 is 11.5 Å². The summed E-state index contributed by atoms with van der Waals surface area (Å²) in [5.74, 6) is -0.795. The maximum Gasteiger partial charge on any atom is 0.323 e. The number of rotatable bonds is 6. The van der Waals surface area contributed by atoms with E-state index >= 15 is 0 Å². The van der Waals surface area contributed by atoms with E-state index in [2.05, 4.69) is 5.32 Å². The molecular weight excluding hydrogens is 238 g/mol. The minimum atomic E-state index is -0.834. The van der Waals surface area contributed by atoms with Gasteiger partial charge in [-0.2, -0.15) is 0 Å². The molecule has 94 valence electrons. The van der Waals surface area contributed by atoms with Gasteiger partial charge in [0.05, 0.1) is 0 Å². The fraction of sp³-hybridized carbons (Fsp3) is 0.462. The molecule has 0 saturated heterocycles. The topological polar surface area (TPSA) is 49.3 Å². The van der Waals surface area contributed by atoms with Crippen molar-refractivity contribution >= 4 is 17.6 Å². The molecule has 0 aliphatic carbocycles. The Morgan fingerprint density at radius 2 is 1.82 bits per heavy atom. The van der Waals surface area contributed by atoms with Gasteiger partial charge in [-0.15, -0.1) is 0 Å². The molecule has 0 spiro atoms. The summed E-state index contributed by atoms with van der Waals surface area (Å²) in [5, 5.41) is 13.1. The summed E-state index contributed by atoms with van der Waals surface area (Å²) >= 11 is 5.79. The molecule has 1 aromatic rings. The Morgan fingerprint density at radius 3 is 2.24 bits per heavy atom. The van der Waals surface area contributed by atoms with Crippen LogP contribution in [-0.2, 0) is 11.3 Å². The molecule has 0 aliphatic heterocycles. The van der Waals surface area contributed by atoms with Gasteiger partial charge in [-0.3, -0.25) is 10.1 Å². The summed E-state index contributed by atoms with van der Waals surface area (Å²) in [7, 11) is 0. The van der Waals surface area contributed by atoms with E-state index in [1.54, 1.807) is 12.1 Å². The second-order valence-corrected chi connectivity index (χ2v) is 4.51.